The average Bonchev–Trinajstić information content (AvgIpc) is 3.01. The molecule has 1 saturated carbocycles. The van der Waals surface area contributed by atoms with Crippen molar-refractivity contribution in [1.29, 1.82) is 0 Å². The second kappa shape index (κ2) is 6.62. The summed E-state index contributed by atoms with van der Waals surface area (Å²) in [5.74, 6) is 1.53. The molecule has 1 aromatic rings. The summed E-state index contributed by atoms with van der Waals surface area (Å²) < 4.78 is 0. The van der Waals surface area contributed by atoms with Gasteiger partial charge in [0.15, 0.2) is 0 Å². The van der Waals surface area contributed by atoms with Gasteiger partial charge in [0.2, 0.25) is 5.91 Å². The fraction of sp³-hybridized carbons (Fsp3) is 0.526. The normalized spacial score (nSPS) is 25.1. The minimum Gasteiger partial charge on any atom is -0.392 e. The maximum atomic E-state index is 11.9. The number of rotatable bonds is 6. The SMILES string of the molecule is CC1(C)[C@H]2CC=C(CCNC(=O)/C=C/c3cc(CO)cs3)[C@@H]1C2. The second-order valence-electron chi connectivity index (χ2n) is 7.21. The number of carbonyl (C=O) groups is 1. The van der Waals surface area contributed by atoms with Crippen LogP contribution in [0.25, 0.3) is 6.08 Å². The van der Waals surface area contributed by atoms with Crippen LogP contribution < -0.4 is 5.32 Å². The molecule has 2 N–H and O–H groups in total. The van der Waals surface area contributed by atoms with Gasteiger partial charge >= 0.3 is 0 Å². The summed E-state index contributed by atoms with van der Waals surface area (Å²) in [5.41, 5.74) is 2.88. The molecule has 0 saturated heterocycles. The van der Waals surface area contributed by atoms with Gasteiger partial charge in [0, 0.05) is 17.5 Å². The molecule has 0 spiro atoms. The first-order chi connectivity index (χ1) is 11.0. The van der Waals surface area contributed by atoms with E-state index in [-0.39, 0.29) is 12.5 Å². The van der Waals surface area contributed by atoms with Crippen molar-refractivity contribution >= 4 is 23.3 Å². The predicted octanol–water partition coefficient (Wildman–Crippen LogP) is 3.75. The Morgan fingerprint density at radius 1 is 1.52 bits per heavy atom. The van der Waals surface area contributed by atoms with Gasteiger partial charge in [0.25, 0.3) is 0 Å². The van der Waals surface area contributed by atoms with Crippen LogP contribution in [0.4, 0.5) is 0 Å². The van der Waals surface area contributed by atoms with Crippen LogP contribution in [0.3, 0.4) is 0 Å². The molecular formula is C19H25NO2S. The number of amides is 1. The lowest BCUT2D eigenvalue weighted by Crippen LogP contribution is -2.48. The van der Waals surface area contributed by atoms with Gasteiger partial charge in [0.1, 0.15) is 0 Å². The van der Waals surface area contributed by atoms with Gasteiger partial charge in [-0.05, 0) is 59.6 Å². The van der Waals surface area contributed by atoms with Gasteiger partial charge in [-0.2, -0.15) is 0 Å². The first-order valence-corrected chi connectivity index (χ1v) is 9.21. The van der Waals surface area contributed by atoms with Gasteiger partial charge in [-0.1, -0.05) is 25.5 Å². The Labute approximate surface area is 142 Å². The first kappa shape index (κ1) is 16.5. The minimum absolute atomic E-state index is 0.0457. The van der Waals surface area contributed by atoms with Gasteiger partial charge in [0.05, 0.1) is 6.61 Å². The molecule has 0 radical (unpaired) electrons. The zero-order chi connectivity index (χ0) is 16.4. The van der Waals surface area contributed by atoms with Crippen LogP contribution in [0, 0.1) is 17.3 Å². The largest absolute Gasteiger partial charge is 0.392 e. The molecule has 3 aliphatic rings. The van der Waals surface area contributed by atoms with E-state index >= 15 is 0 Å². The zero-order valence-electron chi connectivity index (χ0n) is 13.8. The van der Waals surface area contributed by atoms with Crippen LogP contribution in [0.2, 0.25) is 0 Å². The molecule has 124 valence electrons. The highest BCUT2D eigenvalue weighted by Crippen LogP contribution is 2.59. The fourth-order valence-corrected chi connectivity index (χ4v) is 4.67. The topological polar surface area (TPSA) is 49.3 Å². The molecule has 0 unspecified atom stereocenters. The number of aliphatic hydroxyl groups excluding tert-OH is 1. The number of hydrogen-bond donors (Lipinski definition) is 2. The van der Waals surface area contributed by atoms with E-state index in [9.17, 15) is 4.79 Å². The lowest BCUT2D eigenvalue weighted by molar-refractivity contribution is -0.116. The molecule has 1 aromatic heterocycles. The lowest BCUT2D eigenvalue weighted by Gasteiger charge is -2.56. The van der Waals surface area contributed by atoms with E-state index in [1.807, 2.05) is 11.4 Å². The number of nitrogens with one attached hydrogen (secondary N) is 1. The quantitative estimate of drug-likeness (QED) is 0.616. The summed E-state index contributed by atoms with van der Waals surface area (Å²) >= 11 is 1.53. The summed E-state index contributed by atoms with van der Waals surface area (Å²) in [5, 5.41) is 13.9. The highest BCUT2D eigenvalue weighted by atomic mass is 32.1. The smallest absolute Gasteiger partial charge is 0.244 e. The third-order valence-electron chi connectivity index (χ3n) is 5.55. The van der Waals surface area contributed by atoms with Gasteiger partial charge in [-0.3, -0.25) is 4.79 Å². The standard InChI is InChI=1S/C19H25NO2S/c1-19(2)15-4-3-14(17(19)10-15)7-8-20-18(22)6-5-16-9-13(11-21)12-23-16/h3,5-6,9,12,15,17,21H,4,7-8,10-11H2,1-2H3,(H,20,22)/b6-5+/t15-,17-/m0/s1. The summed E-state index contributed by atoms with van der Waals surface area (Å²) in [6, 6.07) is 1.90. The van der Waals surface area contributed by atoms with Crippen LogP contribution in [-0.4, -0.2) is 17.6 Å². The van der Waals surface area contributed by atoms with E-state index in [1.54, 1.807) is 12.2 Å². The van der Waals surface area contributed by atoms with Crippen molar-refractivity contribution in [3.8, 4) is 0 Å². The van der Waals surface area contributed by atoms with Gasteiger partial charge in [-0.15, -0.1) is 11.3 Å². The van der Waals surface area contributed by atoms with E-state index in [0.717, 1.165) is 28.7 Å². The van der Waals surface area contributed by atoms with Crippen LogP contribution in [0.15, 0.2) is 29.2 Å². The lowest BCUT2D eigenvalue weighted by atomic mass is 9.48. The van der Waals surface area contributed by atoms with Crippen molar-refractivity contribution in [3.05, 3.63) is 39.6 Å². The van der Waals surface area contributed by atoms with Crippen LogP contribution in [-0.2, 0) is 11.4 Å². The van der Waals surface area contributed by atoms with E-state index in [1.165, 1.54) is 29.8 Å². The summed E-state index contributed by atoms with van der Waals surface area (Å²) in [7, 11) is 0. The molecule has 2 atom stereocenters. The number of allylic oxidation sites excluding steroid dienone is 1. The van der Waals surface area contributed by atoms with Gasteiger partial charge in [-0.25, -0.2) is 0 Å². The van der Waals surface area contributed by atoms with Crippen LogP contribution in [0.5, 0.6) is 0 Å². The summed E-state index contributed by atoms with van der Waals surface area (Å²) in [6.07, 6.45) is 9.28. The molecule has 3 aliphatic carbocycles. The van der Waals surface area contributed by atoms with Gasteiger partial charge < -0.3 is 10.4 Å². The Balaban J connectivity index is 1.44. The van der Waals surface area contributed by atoms with Crippen LogP contribution >= 0.6 is 11.3 Å². The minimum atomic E-state index is -0.0499. The van der Waals surface area contributed by atoms with E-state index in [0.29, 0.717) is 12.0 Å². The number of thiophene rings is 1. The predicted molar refractivity (Wildman–Crippen MR) is 95.0 cm³/mol. The van der Waals surface area contributed by atoms with Crippen molar-refractivity contribution < 1.29 is 9.90 Å². The molecule has 1 heterocycles. The summed E-state index contributed by atoms with van der Waals surface area (Å²) in [6.45, 7) is 5.51. The van der Waals surface area contributed by atoms with Crippen molar-refractivity contribution in [2.45, 2.75) is 39.7 Å². The Bertz CT molecular complexity index is 642. The van der Waals surface area contributed by atoms with E-state index in [2.05, 4.69) is 25.2 Å². The molecule has 4 rings (SSSR count). The van der Waals surface area contributed by atoms with Crippen molar-refractivity contribution in [1.82, 2.24) is 5.32 Å². The first-order valence-electron chi connectivity index (χ1n) is 8.34. The Kier molecular flexibility index (Phi) is 4.74. The molecule has 3 nitrogen and oxygen atoms in total. The highest BCUT2D eigenvalue weighted by molar-refractivity contribution is 7.11. The Morgan fingerprint density at radius 3 is 3.00 bits per heavy atom. The molecule has 0 aliphatic heterocycles. The average molecular weight is 331 g/mol. The second-order valence-corrected chi connectivity index (χ2v) is 8.15. The molecule has 1 fully saturated rings. The molecule has 1 amide bonds. The number of aliphatic hydroxyl groups is 1. The third-order valence-corrected chi connectivity index (χ3v) is 6.50. The highest BCUT2D eigenvalue weighted by Gasteiger charge is 2.50. The molecule has 0 aromatic carbocycles. The third kappa shape index (κ3) is 3.43. The maximum absolute atomic E-state index is 11.9. The number of fused-ring (bicyclic) bond motifs is 1. The molecule has 23 heavy (non-hydrogen) atoms. The Hall–Kier alpha value is -1.39. The Morgan fingerprint density at radius 2 is 2.35 bits per heavy atom. The molecule has 4 heteroatoms. The fourth-order valence-electron chi connectivity index (χ4n) is 3.87. The molecular weight excluding hydrogens is 306 g/mol. The zero-order valence-corrected chi connectivity index (χ0v) is 14.7. The van der Waals surface area contributed by atoms with Crippen molar-refractivity contribution in [2.75, 3.05) is 6.54 Å². The summed E-state index contributed by atoms with van der Waals surface area (Å²) in [4.78, 5) is 12.9. The number of hydrogen-bond acceptors (Lipinski definition) is 3. The van der Waals surface area contributed by atoms with E-state index < -0.39 is 0 Å². The van der Waals surface area contributed by atoms with Crippen molar-refractivity contribution in [3.63, 3.8) is 0 Å². The molecule has 2 bridgehead atoms. The number of carbonyl (C=O) groups excluding carboxylic acids is 1. The van der Waals surface area contributed by atoms with E-state index in [4.69, 9.17) is 5.11 Å². The maximum Gasteiger partial charge on any atom is 0.244 e. The van der Waals surface area contributed by atoms with Crippen molar-refractivity contribution in [2.24, 2.45) is 17.3 Å². The van der Waals surface area contributed by atoms with Crippen LogP contribution in [0.1, 0.15) is 43.6 Å². The monoisotopic (exact) mass is 331 g/mol.